The number of hydrogen-bond donors (Lipinski definition) is 1. The molecule has 1 aromatic heterocycles. The molecule has 3 unspecified atom stereocenters. The summed E-state index contributed by atoms with van der Waals surface area (Å²) >= 11 is 0. The van der Waals surface area contributed by atoms with E-state index in [4.69, 9.17) is 0 Å². The van der Waals surface area contributed by atoms with Crippen LogP contribution in [0.1, 0.15) is 31.1 Å². The maximum atomic E-state index is 13.2. The van der Waals surface area contributed by atoms with Crippen molar-refractivity contribution in [2.24, 2.45) is 13.0 Å². The lowest BCUT2D eigenvalue weighted by Crippen LogP contribution is -2.55. The number of piperazine rings is 1. The summed E-state index contributed by atoms with van der Waals surface area (Å²) < 4.78 is 31.7. The van der Waals surface area contributed by atoms with E-state index >= 15 is 0 Å². The second-order valence-electron chi connectivity index (χ2n) is 6.64. The summed E-state index contributed by atoms with van der Waals surface area (Å²) in [6.45, 7) is 2.52. The first-order chi connectivity index (χ1) is 10.6. The van der Waals surface area contributed by atoms with E-state index in [-0.39, 0.29) is 24.5 Å². The Bertz CT molecular complexity index is 664. The number of fused-ring (bicyclic) bond motifs is 2. The van der Waals surface area contributed by atoms with Crippen LogP contribution in [0.3, 0.4) is 0 Å². The van der Waals surface area contributed by atoms with E-state index < -0.39 is 10.2 Å². The molecule has 3 aliphatic rings. The summed E-state index contributed by atoms with van der Waals surface area (Å²) in [6, 6.07) is -0.00946. The van der Waals surface area contributed by atoms with Crippen molar-refractivity contribution >= 4 is 22.6 Å². The summed E-state index contributed by atoms with van der Waals surface area (Å²) in [4.78, 5) is 4.38. The van der Waals surface area contributed by atoms with Gasteiger partial charge in [-0.25, -0.2) is 4.98 Å². The van der Waals surface area contributed by atoms with Gasteiger partial charge in [-0.1, -0.05) is 0 Å². The van der Waals surface area contributed by atoms with Gasteiger partial charge in [0.15, 0.2) is 0 Å². The number of halogens is 1. The number of aryl methyl sites for hydroxylation is 1. The van der Waals surface area contributed by atoms with Crippen molar-refractivity contribution in [1.29, 1.82) is 0 Å². The van der Waals surface area contributed by atoms with Crippen LogP contribution in [0.25, 0.3) is 0 Å². The van der Waals surface area contributed by atoms with E-state index in [9.17, 15) is 8.42 Å². The van der Waals surface area contributed by atoms with Crippen molar-refractivity contribution in [3.63, 3.8) is 0 Å². The number of nitrogens with one attached hydrogen (secondary N) is 1. The average Bonchev–Trinajstić information content (AvgIpc) is 3.23. The zero-order valence-electron chi connectivity index (χ0n) is 13.3. The van der Waals surface area contributed by atoms with Crippen molar-refractivity contribution in [3.8, 4) is 0 Å². The molecule has 0 radical (unpaired) electrons. The van der Waals surface area contributed by atoms with E-state index in [1.54, 1.807) is 14.8 Å². The van der Waals surface area contributed by atoms with Crippen LogP contribution in [0.4, 0.5) is 0 Å². The van der Waals surface area contributed by atoms with Crippen molar-refractivity contribution in [2.75, 3.05) is 26.2 Å². The molecule has 130 valence electrons. The number of aromatic nitrogens is 2. The zero-order valence-corrected chi connectivity index (χ0v) is 14.9. The summed E-state index contributed by atoms with van der Waals surface area (Å²) in [7, 11) is -1.50. The summed E-state index contributed by atoms with van der Waals surface area (Å²) in [6.07, 6.45) is 6.83. The van der Waals surface area contributed by atoms with Crippen LogP contribution in [-0.4, -0.2) is 58.8 Å². The van der Waals surface area contributed by atoms with Gasteiger partial charge in [0.05, 0.1) is 6.04 Å². The monoisotopic (exact) mass is 361 g/mol. The number of nitrogens with zero attached hydrogens (tertiary/aromatic N) is 4. The first-order valence-corrected chi connectivity index (χ1v) is 9.43. The molecule has 3 heterocycles. The van der Waals surface area contributed by atoms with Crippen molar-refractivity contribution in [1.82, 2.24) is 23.5 Å². The Balaban J connectivity index is 0.00000156. The Morgan fingerprint density at radius 2 is 2.13 bits per heavy atom. The van der Waals surface area contributed by atoms with Gasteiger partial charge in [-0.15, -0.1) is 12.4 Å². The highest BCUT2D eigenvalue weighted by Gasteiger charge is 2.48. The van der Waals surface area contributed by atoms with Crippen LogP contribution in [0.2, 0.25) is 0 Å². The molecule has 4 rings (SSSR count). The highest BCUT2D eigenvalue weighted by molar-refractivity contribution is 7.86. The number of rotatable bonds is 3. The largest absolute Gasteiger partial charge is 0.337 e. The fraction of sp³-hybridized carbons (Fsp3) is 0.786. The van der Waals surface area contributed by atoms with Crippen LogP contribution >= 0.6 is 12.4 Å². The third-order valence-electron chi connectivity index (χ3n) is 5.30. The first-order valence-electron chi connectivity index (χ1n) is 8.04. The van der Waals surface area contributed by atoms with Gasteiger partial charge in [0.1, 0.15) is 5.82 Å². The second kappa shape index (κ2) is 6.33. The van der Waals surface area contributed by atoms with Gasteiger partial charge in [0.25, 0.3) is 10.2 Å². The van der Waals surface area contributed by atoms with Crippen LogP contribution in [-0.2, 0) is 17.3 Å². The van der Waals surface area contributed by atoms with Crippen LogP contribution < -0.4 is 5.32 Å². The average molecular weight is 362 g/mol. The molecule has 2 saturated heterocycles. The van der Waals surface area contributed by atoms with Crippen molar-refractivity contribution in [2.45, 2.75) is 31.3 Å². The Morgan fingerprint density at radius 1 is 1.30 bits per heavy atom. The van der Waals surface area contributed by atoms with Crippen LogP contribution in [0.15, 0.2) is 12.4 Å². The standard InChI is InChI=1S/C14H23N5O2S.ClH/c1-17-6-5-16-14(17)13-9-15-4-7-18(13)22(20,21)19-10-11-2-3-12(19)8-11;/h5-6,11-13,15H,2-4,7-10H2,1H3;1H. The number of hydrogen-bond acceptors (Lipinski definition) is 4. The SMILES string of the molecule is Cl.Cn1ccnc1C1CNCCN1S(=O)(=O)N1CC2CCC1C2. The fourth-order valence-electron chi connectivity index (χ4n) is 4.18. The van der Waals surface area contributed by atoms with Gasteiger partial charge in [-0.05, 0) is 25.2 Å². The van der Waals surface area contributed by atoms with Gasteiger partial charge in [-0.2, -0.15) is 17.0 Å². The Morgan fingerprint density at radius 3 is 2.74 bits per heavy atom. The second-order valence-corrected chi connectivity index (χ2v) is 8.47. The molecule has 0 aromatic carbocycles. The molecule has 1 N–H and O–H groups in total. The van der Waals surface area contributed by atoms with Crippen molar-refractivity contribution < 1.29 is 8.42 Å². The Labute approximate surface area is 143 Å². The zero-order chi connectivity index (χ0) is 15.3. The molecule has 3 atom stereocenters. The van der Waals surface area contributed by atoms with E-state index in [0.29, 0.717) is 32.1 Å². The summed E-state index contributed by atoms with van der Waals surface area (Å²) in [5.74, 6) is 1.37. The lowest BCUT2D eigenvalue weighted by Gasteiger charge is -2.39. The molecule has 2 aliphatic heterocycles. The Hall–Kier alpha value is -0.670. The molecule has 7 nitrogen and oxygen atoms in total. The van der Waals surface area contributed by atoms with Crippen LogP contribution in [0.5, 0.6) is 0 Å². The summed E-state index contributed by atoms with van der Waals surface area (Å²) in [5, 5.41) is 3.30. The van der Waals surface area contributed by atoms with E-state index in [0.717, 1.165) is 18.7 Å². The smallest absolute Gasteiger partial charge is 0.283 e. The topological polar surface area (TPSA) is 70.5 Å². The molecular weight excluding hydrogens is 338 g/mol. The quantitative estimate of drug-likeness (QED) is 0.852. The molecule has 1 aliphatic carbocycles. The normalized spacial score (nSPS) is 32.1. The maximum absolute atomic E-state index is 13.2. The van der Waals surface area contributed by atoms with E-state index in [1.807, 2.05) is 17.8 Å². The highest BCUT2D eigenvalue weighted by atomic mass is 35.5. The molecule has 2 bridgehead atoms. The maximum Gasteiger partial charge on any atom is 0.283 e. The fourth-order valence-corrected chi connectivity index (χ4v) is 6.23. The van der Waals surface area contributed by atoms with Gasteiger partial charge >= 0.3 is 0 Å². The number of piperidine rings is 1. The molecule has 1 aromatic rings. The van der Waals surface area contributed by atoms with Gasteiger partial charge in [0, 0.05) is 51.7 Å². The minimum Gasteiger partial charge on any atom is -0.337 e. The lowest BCUT2D eigenvalue weighted by molar-refractivity contribution is 0.224. The van der Waals surface area contributed by atoms with Gasteiger partial charge in [0.2, 0.25) is 0 Å². The molecule has 23 heavy (non-hydrogen) atoms. The summed E-state index contributed by atoms with van der Waals surface area (Å²) in [5.41, 5.74) is 0. The van der Waals surface area contributed by atoms with E-state index in [1.165, 1.54) is 6.42 Å². The minimum absolute atomic E-state index is 0. The molecule has 0 spiro atoms. The van der Waals surface area contributed by atoms with Gasteiger partial charge < -0.3 is 9.88 Å². The predicted molar refractivity (Wildman–Crippen MR) is 89.5 cm³/mol. The Kier molecular flexibility index (Phi) is 4.72. The van der Waals surface area contributed by atoms with Crippen molar-refractivity contribution in [3.05, 3.63) is 18.2 Å². The number of imidazole rings is 1. The molecule has 3 fully saturated rings. The molecule has 0 amide bonds. The molecular formula is C14H24ClN5O2S. The third kappa shape index (κ3) is 2.80. The molecule has 9 heteroatoms. The third-order valence-corrected chi connectivity index (χ3v) is 7.37. The lowest BCUT2D eigenvalue weighted by atomic mass is 10.1. The van der Waals surface area contributed by atoms with Gasteiger partial charge in [-0.3, -0.25) is 0 Å². The van der Waals surface area contributed by atoms with E-state index in [2.05, 4.69) is 10.3 Å². The minimum atomic E-state index is -3.41. The predicted octanol–water partition coefficient (Wildman–Crippen LogP) is 0.517. The molecule has 1 saturated carbocycles. The first kappa shape index (κ1) is 17.2. The highest BCUT2D eigenvalue weighted by Crippen LogP contribution is 2.40. The van der Waals surface area contributed by atoms with Crippen LogP contribution in [0, 0.1) is 5.92 Å².